The first-order valence-corrected chi connectivity index (χ1v) is 3.25. The number of carbonyl (C=O) groups is 1. The van der Waals surface area contributed by atoms with Crippen LogP contribution in [0.15, 0.2) is 17.6 Å². The summed E-state index contributed by atoms with van der Waals surface area (Å²) in [7, 11) is 0. The van der Waals surface area contributed by atoms with Crippen molar-refractivity contribution < 1.29 is 4.79 Å². The molecule has 6 nitrogen and oxygen atoms in total. The highest BCUT2D eigenvalue weighted by Gasteiger charge is 2.03. The summed E-state index contributed by atoms with van der Waals surface area (Å²) in [5.74, 6) is 4.60. The highest BCUT2D eigenvalue weighted by Crippen LogP contribution is 1.95. The molecule has 1 aromatic rings. The van der Waals surface area contributed by atoms with Crippen LogP contribution in [-0.2, 0) is 11.2 Å². The first-order valence-electron chi connectivity index (χ1n) is 3.25. The van der Waals surface area contributed by atoms with Crippen molar-refractivity contribution in [3.05, 3.63) is 18.2 Å². The Morgan fingerprint density at radius 1 is 1.92 bits per heavy atom. The normalized spacial score (nSPS) is 9.42. The summed E-state index contributed by atoms with van der Waals surface area (Å²) in [5, 5.41) is 3.57. The number of imidazole rings is 1. The molecule has 0 aromatic carbocycles. The quantitative estimate of drug-likeness (QED) is 0.259. The number of hydrazine groups is 1. The Bertz CT molecular complexity index is 292. The molecule has 0 saturated carbocycles. The minimum absolute atomic E-state index is 0.152. The van der Waals surface area contributed by atoms with Crippen LogP contribution in [0.2, 0.25) is 0 Å². The molecule has 1 amide bonds. The van der Waals surface area contributed by atoms with E-state index in [9.17, 15) is 4.79 Å². The Kier molecular flexibility index (Phi) is 2.54. The molecule has 0 spiro atoms. The predicted octanol–water partition coefficient (Wildman–Crippen LogP) is -1.12. The fraction of sp³-hybridized carbons (Fsp3) is 0.167. The topological polar surface area (TPSA) is 85.3 Å². The second-order valence-corrected chi connectivity index (χ2v) is 2.13. The number of nitrogens with one attached hydrogen (secondary N) is 1. The lowest BCUT2D eigenvalue weighted by molar-refractivity contribution is -0.120. The van der Waals surface area contributed by atoms with Crippen molar-refractivity contribution in [2.24, 2.45) is 10.9 Å². The number of amides is 1. The Balaban J connectivity index is 2.63. The van der Waals surface area contributed by atoms with Gasteiger partial charge in [-0.25, -0.2) is 15.5 Å². The molecular weight excluding hydrogens is 158 g/mol. The molecule has 0 aliphatic rings. The Hall–Kier alpha value is -1.69. The average Bonchev–Trinajstić information content (AvgIpc) is 2.52. The Morgan fingerprint density at radius 3 is 3.17 bits per heavy atom. The van der Waals surface area contributed by atoms with Crippen molar-refractivity contribution in [2.75, 3.05) is 0 Å². The minimum atomic E-state index is -0.288. The standard InChI is InChI=1S/C6H9N5O/c1-8-11-3-5(9-4-11)2-6(12)10-7/h3-4H,1-2,7H2,(H,10,12). The van der Waals surface area contributed by atoms with E-state index >= 15 is 0 Å². The molecule has 0 aliphatic heterocycles. The number of carbonyl (C=O) groups excluding carboxylic acids is 1. The number of rotatable bonds is 3. The summed E-state index contributed by atoms with van der Waals surface area (Å²) in [6.07, 6.45) is 3.22. The van der Waals surface area contributed by atoms with Gasteiger partial charge in [0.15, 0.2) is 0 Å². The second-order valence-electron chi connectivity index (χ2n) is 2.13. The SMILES string of the molecule is C=Nn1cnc(CC(=O)NN)c1. The van der Waals surface area contributed by atoms with Crippen LogP contribution in [0.4, 0.5) is 0 Å². The Morgan fingerprint density at radius 2 is 2.67 bits per heavy atom. The number of nitrogens with two attached hydrogens (primary N) is 1. The summed E-state index contributed by atoms with van der Waals surface area (Å²) in [6.45, 7) is 3.29. The zero-order chi connectivity index (χ0) is 8.97. The maximum Gasteiger partial charge on any atom is 0.239 e. The number of hydrogen-bond acceptors (Lipinski definition) is 4. The molecular formula is C6H9N5O. The van der Waals surface area contributed by atoms with Gasteiger partial charge in [-0.3, -0.25) is 10.2 Å². The molecule has 0 atom stereocenters. The Labute approximate surface area is 69.1 Å². The van der Waals surface area contributed by atoms with Crippen LogP contribution in [-0.4, -0.2) is 22.3 Å². The van der Waals surface area contributed by atoms with E-state index in [1.807, 2.05) is 5.43 Å². The molecule has 64 valence electrons. The van der Waals surface area contributed by atoms with Crippen LogP contribution < -0.4 is 11.3 Å². The summed E-state index contributed by atoms with van der Waals surface area (Å²) in [6, 6.07) is 0. The van der Waals surface area contributed by atoms with Crippen LogP contribution in [0.5, 0.6) is 0 Å². The molecule has 0 fully saturated rings. The van der Waals surface area contributed by atoms with Gasteiger partial charge in [0.05, 0.1) is 18.3 Å². The number of aromatic nitrogens is 2. The van der Waals surface area contributed by atoms with Gasteiger partial charge in [-0.1, -0.05) is 0 Å². The molecule has 3 N–H and O–H groups in total. The first-order chi connectivity index (χ1) is 5.76. The molecule has 1 rings (SSSR count). The molecule has 0 unspecified atom stereocenters. The van der Waals surface area contributed by atoms with Crippen molar-refractivity contribution in [3.63, 3.8) is 0 Å². The fourth-order valence-electron chi connectivity index (χ4n) is 0.737. The van der Waals surface area contributed by atoms with E-state index in [1.54, 1.807) is 6.20 Å². The zero-order valence-corrected chi connectivity index (χ0v) is 6.40. The molecule has 12 heavy (non-hydrogen) atoms. The monoisotopic (exact) mass is 167 g/mol. The van der Waals surface area contributed by atoms with Crippen LogP contribution in [0.3, 0.4) is 0 Å². The van der Waals surface area contributed by atoms with Crippen LogP contribution >= 0.6 is 0 Å². The average molecular weight is 167 g/mol. The molecule has 1 heterocycles. The van der Waals surface area contributed by atoms with Crippen molar-refractivity contribution in [2.45, 2.75) is 6.42 Å². The second kappa shape index (κ2) is 3.63. The lowest BCUT2D eigenvalue weighted by atomic mass is 10.3. The van der Waals surface area contributed by atoms with Crippen molar-refractivity contribution >= 4 is 12.6 Å². The predicted molar refractivity (Wildman–Crippen MR) is 43.2 cm³/mol. The third-order valence-corrected chi connectivity index (χ3v) is 1.29. The molecule has 1 aromatic heterocycles. The zero-order valence-electron chi connectivity index (χ0n) is 6.40. The summed E-state index contributed by atoms with van der Waals surface area (Å²) < 4.78 is 1.42. The third kappa shape index (κ3) is 1.89. The van der Waals surface area contributed by atoms with E-state index in [2.05, 4.69) is 16.8 Å². The molecule has 0 bridgehead atoms. The molecule has 0 aliphatic carbocycles. The smallest absolute Gasteiger partial charge is 0.239 e. The van der Waals surface area contributed by atoms with E-state index in [4.69, 9.17) is 5.84 Å². The first kappa shape index (κ1) is 8.41. The van der Waals surface area contributed by atoms with Gasteiger partial charge in [-0.2, -0.15) is 5.10 Å². The summed E-state index contributed by atoms with van der Waals surface area (Å²) >= 11 is 0. The summed E-state index contributed by atoms with van der Waals surface area (Å²) in [5.41, 5.74) is 2.61. The fourth-order valence-corrected chi connectivity index (χ4v) is 0.737. The van der Waals surface area contributed by atoms with Gasteiger partial charge >= 0.3 is 0 Å². The van der Waals surface area contributed by atoms with Crippen LogP contribution in [0, 0.1) is 0 Å². The molecule has 0 saturated heterocycles. The van der Waals surface area contributed by atoms with Crippen LogP contribution in [0.1, 0.15) is 5.69 Å². The van der Waals surface area contributed by atoms with E-state index in [-0.39, 0.29) is 12.3 Å². The van der Waals surface area contributed by atoms with Gasteiger partial charge in [0.1, 0.15) is 6.33 Å². The van der Waals surface area contributed by atoms with Crippen LogP contribution in [0.25, 0.3) is 0 Å². The maximum atomic E-state index is 10.7. The highest BCUT2D eigenvalue weighted by molar-refractivity contribution is 5.77. The maximum absolute atomic E-state index is 10.7. The van der Waals surface area contributed by atoms with Crippen molar-refractivity contribution in [1.82, 2.24) is 15.1 Å². The van der Waals surface area contributed by atoms with E-state index in [0.717, 1.165) is 0 Å². The number of hydrogen-bond donors (Lipinski definition) is 2. The number of nitrogens with zero attached hydrogens (tertiary/aromatic N) is 3. The van der Waals surface area contributed by atoms with Gasteiger partial charge in [-0.15, -0.1) is 0 Å². The van der Waals surface area contributed by atoms with Gasteiger partial charge in [-0.05, 0) is 0 Å². The lowest BCUT2D eigenvalue weighted by Gasteiger charge is -1.93. The van der Waals surface area contributed by atoms with E-state index < -0.39 is 0 Å². The highest BCUT2D eigenvalue weighted by atomic mass is 16.2. The molecule has 6 heteroatoms. The van der Waals surface area contributed by atoms with Gasteiger partial charge in [0.25, 0.3) is 0 Å². The van der Waals surface area contributed by atoms with E-state index in [0.29, 0.717) is 5.69 Å². The lowest BCUT2D eigenvalue weighted by Crippen LogP contribution is -2.31. The largest absolute Gasteiger partial charge is 0.294 e. The van der Waals surface area contributed by atoms with Crippen molar-refractivity contribution in [3.8, 4) is 0 Å². The minimum Gasteiger partial charge on any atom is -0.294 e. The van der Waals surface area contributed by atoms with Gasteiger partial charge in [0, 0.05) is 6.72 Å². The third-order valence-electron chi connectivity index (χ3n) is 1.29. The van der Waals surface area contributed by atoms with E-state index in [1.165, 1.54) is 11.0 Å². The van der Waals surface area contributed by atoms with Gasteiger partial charge < -0.3 is 0 Å². The molecule has 0 radical (unpaired) electrons. The van der Waals surface area contributed by atoms with Crippen molar-refractivity contribution in [1.29, 1.82) is 0 Å². The summed E-state index contributed by atoms with van der Waals surface area (Å²) in [4.78, 5) is 14.6. The van der Waals surface area contributed by atoms with Gasteiger partial charge in [0.2, 0.25) is 5.91 Å².